The molecule has 0 spiro atoms. The maximum atomic E-state index is 13.6. The number of nitrogens with one attached hydrogen (secondary N) is 1. The largest absolute Gasteiger partial charge is 0.376 e. The van der Waals surface area contributed by atoms with E-state index in [4.69, 9.17) is 27.0 Å². The van der Waals surface area contributed by atoms with E-state index in [1.807, 2.05) is 0 Å². The van der Waals surface area contributed by atoms with Gasteiger partial charge in [0.1, 0.15) is 10.7 Å². The molecular weight excluding hydrogens is 344 g/mol. The summed E-state index contributed by atoms with van der Waals surface area (Å²) in [7, 11) is 0.813. The molecule has 0 saturated carbocycles. The first-order valence-corrected chi connectivity index (χ1v) is 8.75. The lowest BCUT2D eigenvalue weighted by molar-refractivity contribution is 0.0866. The maximum absolute atomic E-state index is 13.6. The minimum Gasteiger partial charge on any atom is -0.376 e. The number of benzene rings is 1. The van der Waals surface area contributed by atoms with Gasteiger partial charge in [0.05, 0.1) is 22.7 Å². The molecule has 1 saturated heterocycles. The number of ether oxygens (including phenoxy) is 1. The second-order valence-electron chi connectivity index (χ2n) is 4.64. The van der Waals surface area contributed by atoms with Gasteiger partial charge in [-0.15, -0.1) is 0 Å². The lowest BCUT2D eigenvalue weighted by Crippen LogP contribution is -2.39. The highest BCUT2D eigenvalue weighted by atomic mass is 35.7. The average Bonchev–Trinajstić information content (AvgIpc) is 2.73. The molecule has 2 atom stereocenters. The number of halogens is 3. The molecule has 1 aliphatic rings. The van der Waals surface area contributed by atoms with Crippen LogP contribution < -0.4 is 5.32 Å². The number of amides is 1. The van der Waals surface area contributed by atoms with Crippen LogP contribution in [0.2, 0.25) is 5.02 Å². The number of rotatable bonds is 3. The van der Waals surface area contributed by atoms with Crippen molar-refractivity contribution in [3.63, 3.8) is 0 Å². The van der Waals surface area contributed by atoms with Crippen molar-refractivity contribution in [2.45, 2.75) is 30.4 Å². The van der Waals surface area contributed by atoms with Crippen molar-refractivity contribution in [1.29, 1.82) is 0 Å². The van der Waals surface area contributed by atoms with Gasteiger partial charge in [0.15, 0.2) is 0 Å². The number of carbonyl (C=O) groups excluding carboxylic acids is 1. The van der Waals surface area contributed by atoms with Gasteiger partial charge in [0, 0.05) is 17.3 Å². The van der Waals surface area contributed by atoms with Crippen molar-refractivity contribution in [2.24, 2.45) is 0 Å². The minimum absolute atomic E-state index is 0.156. The summed E-state index contributed by atoms with van der Waals surface area (Å²) in [4.78, 5) is 11.4. The van der Waals surface area contributed by atoms with Gasteiger partial charge in [-0.05, 0) is 25.5 Å². The van der Waals surface area contributed by atoms with E-state index < -0.39 is 25.7 Å². The van der Waals surface area contributed by atoms with Gasteiger partial charge in [-0.2, -0.15) is 0 Å². The molecule has 0 aromatic heterocycles. The first-order valence-electron chi connectivity index (χ1n) is 6.06. The molecular formula is C12H12Cl2FNO4S. The zero-order chi connectivity index (χ0) is 15.8. The van der Waals surface area contributed by atoms with Gasteiger partial charge in [-0.1, -0.05) is 11.6 Å². The Kier molecular flexibility index (Phi) is 4.77. The highest BCUT2D eigenvalue weighted by molar-refractivity contribution is 8.13. The molecule has 9 heteroatoms. The van der Waals surface area contributed by atoms with Crippen LogP contribution in [0.25, 0.3) is 0 Å². The third-order valence-corrected chi connectivity index (χ3v) is 4.87. The van der Waals surface area contributed by atoms with Crippen LogP contribution in [0.15, 0.2) is 17.0 Å². The van der Waals surface area contributed by atoms with Crippen LogP contribution in [0, 0.1) is 5.82 Å². The van der Waals surface area contributed by atoms with Crippen LogP contribution in [0.4, 0.5) is 4.39 Å². The zero-order valence-electron chi connectivity index (χ0n) is 10.9. The van der Waals surface area contributed by atoms with Crippen molar-refractivity contribution in [2.75, 3.05) is 6.61 Å². The van der Waals surface area contributed by atoms with Gasteiger partial charge in [0.25, 0.3) is 15.0 Å². The SMILES string of the molecule is CC1OCCC1NC(=O)c1cc(S(=O)(=O)Cl)c(F)cc1Cl. The van der Waals surface area contributed by atoms with Crippen LogP contribution in [0.3, 0.4) is 0 Å². The van der Waals surface area contributed by atoms with E-state index in [2.05, 4.69) is 5.32 Å². The number of carbonyl (C=O) groups is 1. The summed E-state index contributed by atoms with van der Waals surface area (Å²) in [5.74, 6) is -1.71. The van der Waals surface area contributed by atoms with Gasteiger partial charge in [0.2, 0.25) is 0 Å². The van der Waals surface area contributed by atoms with Crippen molar-refractivity contribution < 1.29 is 22.3 Å². The molecule has 1 aromatic carbocycles. The maximum Gasteiger partial charge on any atom is 0.264 e. The third-order valence-electron chi connectivity index (χ3n) is 3.22. The normalized spacial score (nSPS) is 22.3. The molecule has 1 heterocycles. The molecule has 2 unspecified atom stereocenters. The van der Waals surface area contributed by atoms with Gasteiger partial charge >= 0.3 is 0 Å². The van der Waals surface area contributed by atoms with Gasteiger partial charge in [-0.25, -0.2) is 12.8 Å². The number of hydrogen-bond acceptors (Lipinski definition) is 4. The van der Waals surface area contributed by atoms with Crippen molar-refractivity contribution in [3.05, 3.63) is 28.5 Å². The lowest BCUT2D eigenvalue weighted by Gasteiger charge is -2.16. The van der Waals surface area contributed by atoms with E-state index in [1.54, 1.807) is 6.92 Å². The molecule has 1 aliphatic heterocycles. The Labute approximate surface area is 130 Å². The first-order chi connectivity index (χ1) is 9.70. The van der Waals surface area contributed by atoms with E-state index in [1.165, 1.54) is 0 Å². The fraction of sp³-hybridized carbons (Fsp3) is 0.417. The van der Waals surface area contributed by atoms with E-state index in [0.29, 0.717) is 13.0 Å². The van der Waals surface area contributed by atoms with Crippen LogP contribution in [0.5, 0.6) is 0 Å². The van der Waals surface area contributed by atoms with Crippen LogP contribution >= 0.6 is 22.3 Å². The van der Waals surface area contributed by atoms with E-state index >= 15 is 0 Å². The average molecular weight is 356 g/mol. The fourth-order valence-corrected chi connectivity index (χ4v) is 3.20. The summed E-state index contributed by atoms with van der Waals surface area (Å²) in [5.41, 5.74) is -0.156. The molecule has 0 bridgehead atoms. The van der Waals surface area contributed by atoms with Crippen LogP contribution in [-0.4, -0.2) is 33.1 Å². The Morgan fingerprint density at radius 3 is 2.67 bits per heavy atom. The molecule has 0 radical (unpaired) electrons. The molecule has 1 aromatic rings. The Morgan fingerprint density at radius 1 is 1.48 bits per heavy atom. The van der Waals surface area contributed by atoms with Crippen molar-refractivity contribution in [3.8, 4) is 0 Å². The molecule has 2 rings (SSSR count). The second kappa shape index (κ2) is 6.08. The van der Waals surface area contributed by atoms with E-state index in [-0.39, 0.29) is 22.7 Å². The molecule has 1 amide bonds. The fourth-order valence-electron chi connectivity index (χ4n) is 2.06. The van der Waals surface area contributed by atoms with E-state index in [0.717, 1.165) is 12.1 Å². The summed E-state index contributed by atoms with van der Waals surface area (Å²) in [6, 6.07) is 1.37. The first kappa shape index (κ1) is 16.5. The highest BCUT2D eigenvalue weighted by Gasteiger charge is 2.28. The van der Waals surface area contributed by atoms with Crippen LogP contribution in [0.1, 0.15) is 23.7 Å². The highest BCUT2D eigenvalue weighted by Crippen LogP contribution is 2.26. The molecule has 1 fully saturated rings. The molecule has 1 N–H and O–H groups in total. The summed E-state index contributed by atoms with van der Waals surface area (Å²) in [5, 5.41) is 2.48. The Hall–Kier alpha value is -0.890. The van der Waals surface area contributed by atoms with Crippen molar-refractivity contribution >= 4 is 37.2 Å². The summed E-state index contributed by atoms with van der Waals surface area (Å²) >= 11 is 5.80. The Bertz CT molecular complexity index is 680. The molecule has 21 heavy (non-hydrogen) atoms. The molecule has 0 aliphatic carbocycles. The topological polar surface area (TPSA) is 72.5 Å². The second-order valence-corrected chi connectivity index (χ2v) is 7.59. The monoisotopic (exact) mass is 355 g/mol. The lowest BCUT2D eigenvalue weighted by atomic mass is 10.1. The van der Waals surface area contributed by atoms with Crippen LogP contribution in [-0.2, 0) is 13.8 Å². The quantitative estimate of drug-likeness (QED) is 0.844. The smallest absolute Gasteiger partial charge is 0.264 e. The third kappa shape index (κ3) is 3.66. The predicted octanol–water partition coefficient (Wildman–Crippen LogP) is 2.31. The molecule has 5 nitrogen and oxygen atoms in total. The standard InChI is InChI=1S/C12H12Cl2FNO4S/c1-6-10(2-3-20-6)16-12(17)7-4-11(21(14,18)19)9(15)5-8(7)13/h4-6,10H,2-3H2,1H3,(H,16,17). The molecule has 116 valence electrons. The van der Waals surface area contributed by atoms with Gasteiger partial charge in [-0.3, -0.25) is 4.79 Å². The van der Waals surface area contributed by atoms with E-state index in [9.17, 15) is 17.6 Å². The summed E-state index contributed by atoms with van der Waals surface area (Å²) in [6.07, 6.45) is 0.469. The zero-order valence-corrected chi connectivity index (χ0v) is 13.2. The minimum atomic E-state index is -4.31. The number of hydrogen-bond donors (Lipinski definition) is 1. The predicted molar refractivity (Wildman–Crippen MR) is 75.7 cm³/mol. The Morgan fingerprint density at radius 2 is 2.14 bits per heavy atom. The van der Waals surface area contributed by atoms with Gasteiger partial charge < -0.3 is 10.1 Å². The Balaban J connectivity index is 2.33. The van der Waals surface area contributed by atoms with Crippen molar-refractivity contribution in [1.82, 2.24) is 5.32 Å². The summed E-state index contributed by atoms with van der Waals surface area (Å²) < 4.78 is 41.4. The summed E-state index contributed by atoms with van der Waals surface area (Å²) in [6.45, 7) is 2.32.